The Morgan fingerprint density at radius 3 is 2.87 bits per heavy atom. The summed E-state index contributed by atoms with van der Waals surface area (Å²) in [4.78, 5) is 31.9. The minimum atomic E-state index is -0.00892. The van der Waals surface area contributed by atoms with Crippen LogP contribution in [0.4, 0.5) is 11.5 Å². The lowest BCUT2D eigenvalue weighted by atomic mass is 9.96. The minimum absolute atomic E-state index is 0.00892. The first-order chi connectivity index (χ1) is 15.3. The maximum absolute atomic E-state index is 13.4. The third-order valence-electron chi connectivity index (χ3n) is 7.10. The molecule has 7 heteroatoms. The molecular formula is C24H28N6O. The van der Waals surface area contributed by atoms with E-state index in [1.165, 1.54) is 24.8 Å². The van der Waals surface area contributed by atoms with E-state index in [0.29, 0.717) is 6.54 Å². The molecule has 1 aromatic carbocycles. The molecule has 0 saturated carbocycles. The SMILES string of the molecule is O=C([C@@H]1CCCN(c2ncnc3c2nc2n3CCCCC2)C1)N1CCc2ccccc21. The van der Waals surface area contributed by atoms with Crippen LogP contribution in [0.3, 0.4) is 0 Å². The van der Waals surface area contributed by atoms with E-state index < -0.39 is 0 Å². The second-order valence-electron chi connectivity index (χ2n) is 9.01. The van der Waals surface area contributed by atoms with Crippen LogP contribution >= 0.6 is 0 Å². The molecule has 1 atom stereocenters. The van der Waals surface area contributed by atoms with Crippen LogP contribution < -0.4 is 9.80 Å². The number of carbonyl (C=O) groups excluding carboxylic acids is 1. The Morgan fingerprint density at radius 1 is 0.968 bits per heavy atom. The zero-order chi connectivity index (χ0) is 20.8. The molecule has 2 aromatic heterocycles. The molecule has 0 unspecified atom stereocenters. The number of imidazole rings is 1. The molecule has 3 aliphatic rings. The molecule has 31 heavy (non-hydrogen) atoms. The molecule has 6 rings (SSSR count). The molecule has 0 N–H and O–H groups in total. The highest BCUT2D eigenvalue weighted by atomic mass is 16.2. The number of aryl methyl sites for hydroxylation is 2. The van der Waals surface area contributed by atoms with Gasteiger partial charge in [0.25, 0.3) is 0 Å². The highest BCUT2D eigenvalue weighted by molar-refractivity contribution is 5.97. The molecule has 3 aliphatic heterocycles. The summed E-state index contributed by atoms with van der Waals surface area (Å²) in [5, 5.41) is 0. The zero-order valence-corrected chi connectivity index (χ0v) is 17.8. The molecule has 0 aliphatic carbocycles. The number of benzene rings is 1. The van der Waals surface area contributed by atoms with Gasteiger partial charge < -0.3 is 14.4 Å². The Kier molecular flexibility index (Phi) is 4.62. The number of rotatable bonds is 2. The first kappa shape index (κ1) is 18.8. The van der Waals surface area contributed by atoms with Crippen molar-refractivity contribution in [3.63, 3.8) is 0 Å². The number of para-hydroxylation sites is 1. The summed E-state index contributed by atoms with van der Waals surface area (Å²) in [5.74, 6) is 2.27. The van der Waals surface area contributed by atoms with Crippen molar-refractivity contribution in [1.29, 1.82) is 0 Å². The summed E-state index contributed by atoms with van der Waals surface area (Å²) >= 11 is 0. The Labute approximate surface area is 182 Å². The van der Waals surface area contributed by atoms with Crippen LogP contribution in [0, 0.1) is 5.92 Å². The molecule has 5 heterocycles. The average molecular weight is 417 g/mol. The fraction of sp³-hybridized carbons (Fsp3) is 0.500. The third kappa shape index (κ3) is 3.18. The number of hydrogen-bond acceptors (Lipinski definition) is 5. The molecule has 0 bridgehead atoms. The van der Waals surface area contributed by atoms with Gasteiger partial charge in [0.05, 0.1) is 5.92 Å². The second kappa shape index (κ2) is 7.62. The van der Waals surface area contributed by atoms with Crippen molar-refractivity contribution in [3.05, 3.63) is 42.0 Å². The minimum Gasteiger partial charge on any atom is -0.354 e. The van der Waals surface area contributed by atoms with Crippen LogP contribution in [0.2, 0.25) is 0 Å². The highest BCUT2D eigenvalue weighted by Gasteiger charge is 2.34. The number of anilines is 2. The van der Waals surface area contributed by atoms with Crippen molar-refractivity contribution in [2.75, 3.05) is 29.4 Å². The van der Waals surface area contributed by atoms with Gasteiger partial charge >= 0.3 is 0 Å². The smallest absolute Gasteiger partial charge is 0.231 e. The van der Waals surface area contributed by atoms with E-state index >= 15 is 0 Å². The molecular weight excluding hydrogens is 388 g/mol. The fourth-order valence-corrected chi connectivity index (χ4v) is 5.52. The van der Waals surface area contributed by atoms with Gasteiger partial charge in [-0.15, -0.1) is 0 Å². The average Bonchev–Trinajstić information content (AvgIpc) is 3.32. The maximum Gasteiger partial charge on any atom is 0.231 e. The van der Waals surface area contributed by atoms with Gasteiger partial charge in [-0.05, 0) is 43.7 Å². The van der Waals surface area contributed by atoms with E-state index in [-0.39, 0.29) is 11.8 Å². The standard InChI is InChI=1S/C24H28N6O/c31-24(29-14-11-17-7-3-4-9-19(17)29)18-8-6-12-28(15-18)22-21-23(26-16-25-22)30-13-5-1-2-10-20(30)27-21/h3-4,7,9,16,18H,1-2,5-6,8,10-15H2/t18-/m1/s1. The Morgan fingerprint density at radius 2 is 1.90 bits per heavy atom. The molecule has 160 valence electrons. The summed E-state index contributed by atoms with van der Waals surface area (Å²) in [6.45, 7) is 3.39. The predicted molar refractivity (Wildman–Crippen MR) is 120 cm³/mol. The van der Waals surface area contributed by atoms with E-state index in [0.717, 1.165) is 73.8 Å². The Balaban J connectivity index is 1.28. The summed E-state index contributed by atoms with van der Waals surface area (Å²) in [5.41, 5.74) is 4.22. The van der Waals surface area contributed by atoms with E-state index in [1.54, 1.807) is 6.33 Å². The number of amides is 1. The maximum atomic E-state index is 13.4. The molecule has 0 spiro atoms. The van der Waals surface area contributed by atoms with Gasteiger partial charge in [-0.2, -0.15) is 0 Å². The van der Waals surface area contributed by atoms with Gasteiger partial charge in [-0.25, -0.2) is 15.0 Å². The van der Waals surface area contributed by atoms with Gasteiger partial charge in [0.1, 0.15) is 12.2 Å². The van der Waals surface area contributed by atoms with E-state index in [4.69, 9.17) is 4.98 Å². The third-order valence-corrected chi connectivity index (χ3v) is 7.10. The predicted octanol–water partition coefficient (Wildman–Crippen LogP) is 3.36. The summed E-state index contributed by atoms with van der Waals surface area (Å²) in [6, 6.07) is 8.29. The van der Waals surface area contributed by atoms with Crippen molar-refractivity contribution >= 4 is 28.6 Å². The normalized spacial score (nSPS) is 21.1. The second-order valence-corrected chi connectivity index (χ2v) is 9.01. The number of fused-ring (bicyclic) bond motifs is 4. The van der Waals surface area contributed by atoms with Crippen LogP contribution in [0.1, 0.15) is 43.5 Å². The molecule has 3 aromatic rings. The first-order valence-corrected chi connectivity index (χ1v) is 11.6. The topological polar surface area (TPSA) is 67.2 Å². The van der Waals surface area contributed by atoms with E-state index in [2.05, 4.69) is 37.6 Å². The van der Waals surface area contributed by atoms with Gasteiger partial charge in [-0.1, -0.05) is 24.6 Å². The van der Waals surface area contributed by atoms with Gasteiger partial charge in [0.15, 0.2) is 17.0 Å². The van der Waals surface area contributed by atoms with Crippen molar-refractivity contribution < 1.29 is 4.79 Å². The quantitative estimate of drug-likeness (QED) is 0.641. The summed E-state index contributed by atoms with van der Waals surface area (Å²) < 4.78 is 2.28. The van der Waals surface area contributed by atoms with Crippen LogP contribution in [0.15, 0.2) is 30.6 Å². The lowest BCUT2D eigenvalue weighted by molar-refractivity contribution is -0.122. The Hall–Kier alpha value is -2.96. The highest BCUT2D eigenvalue weighted by Crippen LogP contribution is 2.33. The number of hydrogen-bond donors (Lipinski definition) is 0. The van der Waals surface area contributed by atoms with Crippen molar-refractivity contribution in [2.45, 2.75) is 51.5 Å². The number of carbonyl (C=O) groups is 1. The summed E-state index contributed by atoms with van der Waals surface area (Å²) in [6.07, 6.45) is 9.15. The molecule has 1 fully saturated rings. The molecule has 0 radical (unpaired) electrons. The summed E-state index contributed by atoms with van der Waals surface area (Å²) in [7, 11) is 0. The van der Waals surface area contributed by atoms with Gasteiger partial charge in [0, 0.05) is 38.3 Å². The van der Waals surface area contributed by atoms with E-state index in [9.17, 15) is 4.79 Å². The van der Waals surface area contributed by atoms with Crippen LogP contribution in [0.5, 0.6) is 0 Å². The van der Waals surface area contributed by atoms with Crippen molar-refractivity contribution in [3.8, 4) is 0 Å². The number of piperidine rings is 1. The molecule has 7 nitrogen and oxygen atoms in total. The van der Waals surface area contributed by atoms with Crippen LogP contribution in [-0.2, 0) is 24.2 Å². The number of aromatic nitrogens is 4. The van der Waals surface area contributed by atoms with Crippen LogP contribution in [0.25, 0.3) is 11.2 Å². The first-order valence-electron chi connectivity index (χ1n) is 11.6. The monoisotopic (exact) mass is 416 g/mol. The van der Waals surface area contributed by atoms with Gasteiger partial charge in [-0.3, -0.25) is 4.79 Å². The zero-order valence-electron chi connectivity index (χ0n) is 17.8. The lowest BCUT2D eigenvalue weighted by Crippen LogP contribution is -2.45. The largest absolute Gasteiger partial charge is 0.354 e. The fourth-order valence-electron chi connectivity index (χ4n) is 5.52. The molecule has 1 amide bonds. The Bertz CT molecular complexity index is 1140. The van der Waals surface area contributed by atoms with Crippen molar-refractivity contribution in [2.24, 2.45) is 5.92 Å². The lowest BCUT2D eigenvalue weighted by Gasteiger charge is -2.34. The van der Waals surface area contributed by atoms with Gasteiger partial charge in [0.2, 0.25) is 5.91 Å². The van der Waals surface area contributed by atoms with Crippen LogP contribution in [-0.4, -0.2) is 45.1 Å². The molecule has 1 saturated heterocycles. The number of nitrogens with zero attached hydrogens (tertiary/aromatic N) is 6. The van der Waals surface area contributed by atoms with E-state index in [1.807, 2.05) is 11.0 Å². The van der Waals surface area contributed by atoms with Crippen molar-refractivity contribution in [1.82, 2.24) is 19.5 Å².